The maximum absolute atomic E-state index is 13.8. The molecule has 3 amide bonds. The van der Waals surface area contributed by atoms with Crippen LogP contribution in [-0.2, 0) is 9.59 Å². The Morgan fingerprint density at radius 2 is 1.47 bits per heavy atom. The van der Waals surface area contributed by atoms with Crippen molar-refractivity contribution in [2.24, 2.45) is 0 Å². The Balaban J connectivity index is 1.22. The first kappa shape index (κ1) is 35.9. The first-order valence-corrected chi connectivity index (χ1v) is 18.3. The van der Waals surface area contributed by atoms with Gasteiger partial charge in [0.25, 0.3) is 11.8 Å². The number of nitrogens with one attached hydrogen (secondary N) is 3. The third-order valence-electron chi connectivity index (χ3n) is 7.36. The highest BCUT2D eigenvalue weighted by Gasteiger charge is 2.24. The quantitative estimate of drug-likeness (QED) is 0.0900. The molecule has 3 N–H and O–H groups in total. The van der Waals surface area contributed by atoms with Gasteiger partial charge in [-0.05, 0) is 65.7 Å². The Morgan fingerprint density at radius 1 is 0.745 bits per heavy atom. The molecule has 0 saturated heterocycles. The molecule has 0 fully saturated rings. The summed E-state index contributed by atoms with van der Waals surface area (Å²) in [6, 6.07) is 37.3. The fourth-order valence-electron chi connectivity index (χ4n) is 4.89. The van der Waals surface area contributed by atoms with Crippen LogP contribution in [0, 0.1) is 0 Å². The van der Waals surface area contributed by atoms with Gasteiger partial charge in [0, 0.05) is 42.2 Å². The number of thiazole rings is 1. The van der Waals surface area contributed by atoms with E-state index in [1.807, 2.05) is 60.0 Å². The minimum absolute atomic E-state index is 0.0349. The number of hydrogen-bond donors (Lipinski definition) is 3. The van der Waals surface area contributed by atoms with Crippen molar-refractivity contribution in [3.05, 3.63) is 170 Å². The van der Waals surface area contributed by atoms with Crippen LogP contribution >= 0.6 is 57.9 Å². The van der Waals surface area contributed by atoms with Gasteiger partial charge in [-0.25, -0.2) is 4.98 Å². The van der Waals surface area contributed by atoms with Crippen LogP contribution in [-0.4, -0.2) is 22.7 Å². The normalized spacial score (nSPS) is 11.8. The summed E-state index contributed by atoms with van der Waals surface area (Å²) in [5.41, 5.74) is 3.50. The zero-order valence-corrected chi connectivity index (χ0v) is 30.4. The van der Waals surface area contributed by atoms with E-state index in [1.165, 1.54) is 29.2 Å². The summed E-state index contributed by atoms with van der Waals surface area (Å²) in [5.74, 6) is -1.32. The van der Waals surface area contributed by atoms with Crippen molar-refractivity contribution in [1.29, 1.82) is 0 Å². The molecule has 0 spiro atoms. The number of thioether (sulfide) groups is 1. The summed E-state index contributed by atoms with van der Waals surface area (Å²) in [6.07, 6.45) is 1.49. The maximum Gasteiger partial charge on any atom is 0.272 e. The molecule has 1 atom stereocenters. The average Bonchev–Trinajstić information content (AvgIpc) is 3.60. The SMILES string of the molecule is O=C(Nc1cccc(SC(C(=O)Nc2nc(-c3ccccc3Cl)cs2)c2ccccc2)c1)/C(=C\c1ccc(Cl)cc1Cl)NC(=O)c1ccccc1. The van der Waals surface area contributed by atoms with Crippen molar-refractivity contribution >= 4 is 92.5 Å². The summed E-state index contributed by atoms with van der Waals surface area (Å²) in [4.78, 5) is 45.9. The fourth-order valence-corrected chi connectivity index (χ4v) is 7.39. The highest BCUT2D eigenvalue weighted by molar-refractivity contribution is 8.00. The van der Waals surface area contributed by atoms with Crippen LogP contribution in [0.15, 0.2) is 143 Å². The number of carbonyl (C=O) groups is 3. The Labute approximate surface area is 317 Å². The minimum Gasteiger partial charge on any atom is -0.321 e. The number of benzene rings is 5. The Kier molecular flexibility index (Phi) is 11.9. The lowest BCUT2D eigenvalue weighted by atomic mass is 10.1. The Morgan fingerprint density at radius 3 is 2.22 bits per heavy atom. The Hall–Kier alpha value is -4.90. The standard InChI is InChI=1S/C39H27Cl3N4O3S2/c40-27-19-18-26(32(42)21-27)20-33(44-36(47)25-12-5-2-6-13-25)37(48)43-28-14-9-15-29(22-28)51-35(24-10-3-1-4-11-24)38(49)46-39-45-34(23-50-39)30-16-7-8-17-31(30)41/h1-23,35H,(H,43,48)(H,44,47)(H,45,46,49)/b33-20+. The number of anilines is 2. The molecule has 51 heavy (non-hydrogen) atoms. The molecule has 0 aliphatic rings. The predicted molar refractivity (Wildman–Crippen MR) is 210 cm³/mol. The van der Waals surface area contributed by atoms with E-state index in [-0.39, 0.29) is 11.6 Å². The highest BCUT2D eigenvalue weighted by Crippen LogP contribution is 2.38. The van der Waals surface area contributed by atoms with Crippen molar-refractivity contribution in [2.45, 2.75) is 10.1 Å². The summed E-state index contributed by atoms with van der Waals surface area (Å²) in [7, 11) is 0. The third kappa shape index (κ3) is 9.46. The molecular formula is C39H27Cl3N4O3S2. The molecule has 12 heteroatoms. The topological polar surface area (TPSA) is 100 Å². The largest absolute Gasteiger partial charge is 0.321 e. The zero-order valence-electron chi connectivity index (χ0n) is 26.5. The van der Waals surface area contributed by atoms with Gasteiger partial charge in [-0.3, -0.25) is 14.4 Å². The van der Waals surface area contributed by atoms with Gasteiger partial charge in [-0.1, -0.05) is 114 Å². The Bertz CT molecular complexity index is 2230. The summed E-state index contributed by atoms with van der Waals surface area (Å²) < 4.78 is 0. The molecule has 0 aliphatic heterocycles. The molecule has 0 bridgehead atoms. The van der Waals surface area contributed by atoms with E-state index in [4.69, 9.17) is 34.8 Å². The van der Waals surface area contributed by atoms with Gasteiger partial charge >= 0.3 is 0 Å². The van der Waals surface area contributed by atoms with Gasteiger partial charge in [-0.15, -0.1) is 23.1 Å². The number of hydrogen-bond acceptors (Lipinski definition) is 6. The lowest BCUT2D eigenvalue weighted by molar-refractivity contribution is -0.116. The van der Waals surface area contributed by atoms with Crippen LogP contribution in [0.2, 0.25) is 15.1 Å². The monoisotopic (exact) mass is 768 g/mol. The molecule has 0 aliphatic carbocycles. The molecule has 6 rings (SSSR count). The van der Waals surface area contributed by atoms with Gasteiger partial charge in [0.2, 0.25) is 5.91 Å². The third-order valence-corrected chi connectivity index (χ3v) is 10.3. The van der Waals surface area contributed by atoms with Crippen molar-refractivity contribution < 1.29 is 14.4 Å². The van der Waals surface area contributed by atoms with Crippen LogP contribution in [0.4, 0.5) is 10.8 Å². The number of rotatable bonds is 11. The molecular weight excluding hydrogens is 743 g/mol. The van der Waals surface area contributed by atoms with E-state index >= 15 is 0 Å². The van der Waals surface area contributed by atoms with Crippen molar-refractivity contribution in [1.82, 2.24) is 10.3 Å². The summed E-state index contributed by atoms with van der Waals surface area (Å²) >= 11 is 21.5. The van der Waals surface area contributed by atoms with E-state index in [0.717, 1.165) is 11.1 Å². The van der Waals surface area contributed by atoms with E-state index < -0.39 is 17.1 Å². The van der Waals surface area contributed by atoms with Crippen LogP contribution in [0.5, 0.6) is 0 Å². The molecule has 5 aromatic carbocycles. The molecule has 0 saturated carbocycles. The maximum atomic E-state index is 13.8. The van der Waals surface area contributed by atoms with Gasteiger partial charge in [0.15, 0.2) is 5.13 Å². The van der Waals surface area contributed by atoms with Crippen LogP contribution in [0.25, 0.3) is 17.3 Å². The van der Waals surface area contributed by atoms with Gasteiger partial charge in [-0.2, -0.15) is 0 Å². The summed E-state index contributed by atoms with van der Waals surface area (Å²) in [6.45, 7) is 0. The second kappa shape index (κ2) is 16.9. The van der Waals surface area contributed by atoms with E-state index in [9.17, 15) is 14.4 Å². The molecule has 1 aromatic heterocycles. The molecule has 1 heterocycles. The van der Waals surface area contributed by atoms with Crippen LogP contribution in [0.1, 0.15) is 26.7 Å². The molecule has 1 unspecified atom stereocenters. The number of halogens is 3. The average molecular weight is 770 g/mol. The predicted octanol–water partition coefficient (Wildman–Crippen LogP) is 10.7. The van der Waals surface area contributed by atoms with Gasteiger partial charge in [0.1, 0.15) is 10.9 Å². The van der Waals surface area contributed by atoms with Crippen LogP contribution < -0.4 is 16.0 Å². The van der Waals surface area contributed by atoms with Crippen LogP contribution in [0.3, 0.4) is 0 Å². The second-order valence-corrected chi connectivity index (χ2v) is 14.2. The van der Waals surface area contributed by atoms with Crippen molar-refractivity contribution in [2.75, 3.05) is 10.6 Å². The molecule has 6 aromatic rings. The minimum atomic E-state index is -0.655. The smallest absolute Gasteiger partial charge is 0.272 e. The zero-order chi connectivity index (χ0) is 35.7. The van der Waals surface area contributed by atoms with E-state index in [2.05, 4.69) is 20.9 Å². The number of carbonyl (C=O) groups excluding carboxylic acids is 3. The number of nitrogens with zero attached hydrogens (tertiary/aromatic N) is 1. The highest BCUT2D eigenvalue weighted by atomic mass is 35.5. The van der Waals surface area contributed by atoms with E-state index in [1.54, 1.807) is 72.8 Å². The summed E-state index contributed by atoms with van der Waals surface area (Å²) in [5, 5.41) is 11.5. The van der Waals surface area contributed by atoms with Crippen molar-refractivity contribution in [3.8, 4) is 11.3 Å². The second-order valence-electron chi connectivity index (χ2n) is 10.9. The first-order valence-electron chi connectivity index (χ1n) is 15.4. The van der Waals surface area contributed by atoms with Gasteiger partial charge in [0.05, 0.1) is 5.69 Å². The number of amides is 3. The van der Waals surface area contributed by atoms with E-state index in [0.29, 0.717) is 47.6 Å². The molecule has 7 nitrogen and oxygen atoms in total. The lowest BCUT2D eigenvalue weighted by Gasteiger charge is -2.17. The van der Waals surface area contributed by atoms with Crippen molar-refractivity contribution in [3.63, 3.8) is 0 Å². The van der Waals surface area contributed by atoms with Gasteiger partial charge < -0.3 is 16.0 Å². The molecule has 254 valence electrons. The fraction of sp³-hybridized carbons (Fsp3) is 0.0256. The first-order chi connectivity index (χ1) is 24.7. The number of aromatic nitrogens is 1. The lowest BCUT2D eigenvalue weighted by Crippen LogP contribution is -2.30. The molecule has 0 radical (unpaired) electrons.